The van der Waals surface area contributed by atoms with Crippen molar-refractivity contribution in [1.82, 2.24) is 5.48 Å². The van der Waals surface area contributed by atoms with Crippen molar-refractivity contribution in [3.63, 3.8) is 0 Å². The van der Waals surface area contributed by atoms with Gasteiger partial charge in [0.05, 0.1) is 23.6 Å². The highest BCUT2D eigenvalue weighted by atomic mass is 35.5. The Labute approximate surface area is 110 Å². The molecule has 0 radical (unpaired) electrons. The number of anilines is 1. The number of hydrogen-bond donors (Lipinski definition) is 2. The van der Waals surface area contributed by atoms with Crippen LogP contribution in [0, 0.1) is 0 Å². The second-order valence-corrected chi connectivity index (χ2v) is 5.59. The molecule has 1 amide bonds. The lowest BCUT2D eigenvalue weighted by atomic mass is 10.2. The minimum absolute atomic E-state index is 0.142. The number of amides is 1. The van der Waals surface area contributed by atoms with Gasteiger partial charge in [0.2, 0.25) is 10.0 Å². The molecule has 0 spiro atoms. The number of hydroxylamine groups is 1. The molecule has 0 heterocycles. The first-order chi connectivity index (χ1) is 8.33. The van der Waals surface area contributed by atoms with Gasteiger partial charge >= 0.3 is 0 Å². The van der Waals surface area contributed by atoms with Crippen LogP contribution in [-0.2, 0) is 14.9 Å². The Morgan fingerprint density at radius 3 is 2.67 bits per heavy atom. The van der Waals surface area contributed by atoms with E-state index in [1.165, 1.54) is 18.2 Å². The first-order valence-electron chi connectivity index (χ1n) is 5.03. The summed E-state index contributed by atoms with van der Waals surface area (Å²) >= 11 is 5.82. The lowest BCUT2D eigenvalue weighted by molar-refractivity contribution is 0.0364. The van der Waals surface area contributed by atoms with Crippen molar-refractivity contribution in [3.05, 3.63) is 28.8 Å². The molecule has 0 saturated carbocycles. The Balaban J connectivity index is 2.97. The normalized spacial score (nSPS) is 11.1. The number of nitrogens with one attached hydrogen (secondary N) is 2. The van der Waals surface area contributed by atoms with Crippen molar-refractivity contribution in [1.29, 1.82) is 0 Å². The molecule has 6 nitrogen and oxygen atoms in total. The fourth-order valence-corrected chi connectivity index (χ4v) is 1.93. The maximum absolute atomic E-state index is 11.6. The number of sulfonamides is 1. The van der Waals surface area contributed by atoms with E-state index in [4.69, 9.17) is 16.4 Å². The van der Waals surface area contributed by atoms with E-state index < -0.39 is 15.9 Å². The van der Waals surface area contributed by atoms with Crippen molar-refractivity contribution in [2.24, 2.45) is 0 Å². The van der Waals surface area contributed by atoms with Crippen LogP contribution < -0.4 is 10.2 Å². The molecule has 0 atom stereocenters. The summed E-state index contributed by atoms with van der Waals surface area (Å²) in [4.78, 5) is 16.3. The number of rotatable bonds is 5. The van der Waals surface area contributed by atoms with Gasteiger partial charge < -0.3 is 0 Å². The van der Waals surface area contributed by atoms with Gasteiger partial charge in [-0.2, -0.15) is 0 Å². The van der Waals surface area contributed by atoms with Gasteiger partial charge in [-0.15, -0.1) is 0 Å². The Kier molecular flexibility index (Phi) is 4.94. The monoisotopic (exact) mass is 292 g/mol. The van der Waals surface area contributed by atoms with E-state index >= 15 is 0 Å². The van der Waals surface area contributed by atoms with E-state index in [-0.39, 0.29) is 16.3 Å². The van der Waals surface area contributed by atoms with E-state index in [9.17, 15) is 13.2 Å². The van der Waals surface area contributed by atoms with Crippen LogP contribution in [0.15, 0.2) is 18.2 Å². The Morgan fingerprint density at radius 1 is 1.44 bits per heavy atom. The highest BCUT2D eigenvalue weighted by Crippen LogP contribution is 2.23. The third-order valence-electron chi connectivity index (χ3n) is 1.83. The predicted octanol–water partition coefficient (Wildman–Crippen LogP) is 1.39. The molecule has 1 aromatic rings. The number of hydrogen-bond acceptors (Lipinski definition) is 4. The van der Waals surface area contributed by atoms with Crippen molar-refractivity contribution in [2.45, 2.75) is 6.92 Å². The van der Waals surface area contributed by atoms with E-state index in [0.717, 1.165) is 6.26 Å². The van der Waals surface area contributed by atoms with E-state index in [1.807, 2.05) is 0 Å². The standard InChI is InChI=1S/C10H13ClN2O4S/c1-3-17-12-10(14)7-4-5-8(11)9(6-7)13-18(2,15)16/h4-6,13H,3H2,1-2H3,(H,12,14). The molecule has 0 fully saturated rings. The molecule has 0 aliphatic heterocycles. The Morgan fingerprint density at radius 2 is 2.11 bits per heavy atom. The van der Waals surface area contributed by atoms with Gasteiger partial charge in [0.25, 0.3) is 5.91 Å². The van der Waals surface area contributed by atoms with Crippen LogP contribution in [0.3, 0.4) is 0 Å². The molecule has 0 aliphatic carbocycles. The minimum atomic E-state index is -3.46. The summed E-state index contributed by atoms with van der Waals surface area (Å²) in [6.07, 6.45) is 0.996. The zero-order valence-electron chi connectivity index (χ0n) is 9.86. The van der Waals surface area contributed by atoms with Gasteiger partial charge in [0, 0.05) is 5.56 Å². The maximum atomic E-state index is 11.6. The summed E-state index contributed by atoms with van der Waals surface area (Å²) < 4.78 is 24.4. The molecule has 8 heteroatoms. The van der Waals surface area contributed by atoms with Gasteiger partial charge in [0.1, 0.15) is 0 Å². The quantitative estimate of drug-likeness (QED) is 0.803. The second kappa shape index (κ2) is 6.03. The van der Waals surface area contributed by atoms with Crippen LogP contribution >= 0.6 is 11.6 Å². The molecule has 18 heavy (non-hydrogen) atoms. The van der Waals surface area contributed by atoms with Crippen LogP contribution in [0.25, 0.3) is 0 Å². The topological polar surface area (TPSA) is 84.5 Å². The molecule has 0 bridgehead atoms. The minimum Gasteiger partial charge on any atom is -0.282 e. The van der Waals surface area contributed by atoms with E-state index in [1.54, 1.807) is 6.92 Å². The molecular formula is C10H13ClN2O4S. The fraction of sp³-hybridized carbons (Fsp3) is 0.300. The summed E-state index contributed by atoms with van der Waals surface area (Å²) in [6.45, 7) is 2.05. The van der Waals surface area contributed by atoms with Crippen molar-refractivity contribution in [2.75, 3.05) is 17.6 Å². The van der Waals surface area contributed by atoms with Gasteiger partial charge in [-0.1, -0.05) is 11.6 Å². The molecular weight excluding hydrogens is 280 g/mol. The lowest BCUT2D eigenvalue weighted by Gasteiger charge is -2.09. The molecule has 100 valence electrons. The van der Waals surface area contributed by atoms with Crippen molar-refractivity contribution in [3.8, 4) is 0 Å². The average molecular weight is 293 g/mol. The molecule has 0 aliphatic rings. The number of halogens is 1. The summed E-state index contributed by atoms with van der Waals surface area (Å²) in [6, 6.07) is 4.22. The smallest absolute Gasteiger partial charge is 0.274 e. The first-order valence-corrected chi connectivity index (χ1v) is 7.30. The zero-order chi connectivity index (χ0) is 13.8. The Bertz CT molecular complexity index is 545. The highest BCUT2D eigenvalue weighted by Gasteiger charge is 2.11. The van der Waals surface area contributed by atoms with Gasteiger partial charge in [-0.05, 0) is 25.1 Å². The lowest BCUT2D eigenvalue weighted by Crippen LogP contribution is -2.23. The predicted molar refractivity (Wildman–Crippen MR) is 69.0 cm³/mol. The third-order valence-corrected chi connectivity index (χ3v) is 2.75. The van der Waals surface area contributed by atoms with Crippen LogP contribution in [0.4, 0.5) is 5.69 Å². The van der Waals surface area contributed by atoms with Crippen LogP contribution in [0.1, 0.15) is 17.3 Å². The number of carbonyl (C=O) groups excluding carboxylic acids is 1. The van der Waals surface area contributed by atoms with E-state index in [2.05, 4.69) is 10.2 Å². The maximum Gasteiger partial charge on any atom is 0.274 e. The summed E-state index contributed by atoms with van der Waals surface area (Å²) in [5.41, 5.74) is 2.58. The van der Waals surface area contributed by atoms with Crippen molar-refractivity contribution >= 4 is 33.2 Å². The summed E-state index contributed by atoms with van der Waals surface area (Å²) in [5.74, 6) is -0.481. The second-order valence-electron chi connectivity index (χ2n) is 3.43. The third kappa shape index (κ3) is 4.52. The summed E-state index contributed by atoms with van der Waals surface area (Å²) in [7, 11) is -3.46. The van der Waals surface area contributed by atoms with Crippen LogP contribution in [-0.4, -0.2) is 27.2 Å². The molecule has 1 aromatic carbocycles. The zero-order valence-corrected chi connectivity index (χ0v) is 11.4. The van der Waals surface area contributed by atoms with Gasteiger partial charge in [-0.25, -0.2) is 13.9 Å². The number of carbonyl (C=O) groups is 1. The molecule has 1 rings (SSSR count). The number of benzene rings is 1. The van der Waals surface area contributed by atoms with E-state index in [0.29, 0.717) is 6.61 Å². The van der Waals surface area contributed by atoms with Crippen LogP contribution in [0.2, 0.25) is 5.02 Å². The fourth-order valence-electron chi connectivity index (χ4n) is 1.14. The molecule has 0 saturated heterocycles. The Hall–Kier alpha value is -1.31. The SMILES string of the molecule is CCONC(=O)c1ccc(Cl)c(NS(C)(=O)=O)c1. The van der Waals surface area contributed by atoms with Gasteiger partial charge in [-0.3, -0.25) is 14.4 Å². The first kappa shape index (κ1) is 14.7. The highest BCUT2D eigenvalue weighted by molar-refractivity contribution is 7.92. The molecule has 2 N–H and O–H groups in total. The molecule has 0 unspecified atom stereocenters. The van der Waals surface area contributed by atoms with Gasteiger partial charge in [0.15, 0.2) is 0 Å². The van der Waals surface area contributed by atoms with Crippen molar-refractivity contribution < 1.29 is 18.0 Å². The average Bonchev–Trinajstić information content (AvgIpc) is 2.27. The van der Waals surface area contributed by atoms with Crippen LogP contribution in [0.5, 0.6) is 0 Å². The largest absolute Gasteiger partial charge is 0.282 e. The summed E-state index contributed by atoms with van der Waals surface area (Å²) in [5, 5.41) is 0.202. The molecule has 0 aromatic heterocycles.